The van der Waals surface area contributed by atoms with Crippen LogP contribution >= 0.6 is 15.9 Å². The summed E-state index contributed by atoms with van der Waals surface area (Å²) >= 11 is 3.44. The highest BCUT2D eigenvalue weighted by atomic mass is 79.9. The summed E-state index contributed by atoms with van der Waals surface area (Å²) in [6.45, 7) is 6.81. The van der Waals surface area contributed by atoms with Crippen molar-refractivity contribution in [3.8, 4) is 6.07 Å². The van der Waals surface area contributed by atoms with Gasteiger partial charge in [-0.3, -0.25) is 0 Å². The number of nitriles is 1. The van der Waals surface area contributed by atoms with Gasteiger partial charge in [-0.05, 0) is 56.6 Å². The Labute approximate surface area is 123 Å². The number of rotatable bonds is 4. The Morgan fingerprint density at radius 2 is 2.11 bits per heavy atom. The number of hydrogen-bond acceptors (Lipinski definition) is 3. The second-order valence-corrected chi connectivity index (χ2v) is 6.01. The highest BCUT2D eigenvalue weighted by Gasteiger charge is 2.17. The molecule has 1 heterocycles. The van der Waals surface area contributed by atoms with Crippen LogP contribution in [-0.2, 0) is 0 Å². The number of nitrogens with one attached hydrogen (secondary N) is 1. The fourth-order valence-electron chi connectivity index (χ4n) is 2.53. The van der Waals surface area contributed by atoms with Gasteiger partial charge >= 0.3 is 0 Å². The lowest BCUT2D eigenvalue weighted by atomic mass is 9.97. The Morgan fingerprint density at radius 3 is 2.74 bits per heavy atom. The molecule has 1 aliphatic rings. The number of halogens is 1. The second-order valence-electron chi connectivity index (χ2n) is 5.10. The first-order valence-electron chi connectivity index (χ1n) is 6.88. The zero-order chi connectivity index (χ0) is 13.7. The van der Waals surface area contributed by atoms with Crippen molar-refractivity contribution in [2.45, 2.75) is 19.8 Å². The minimum Gasteiger partial charge on any atom is -0.385 e. The molecule has 1 N–H and O–H groups in total. The normalized spacial score (nSPS) is 17.1. The molecule has 19 heavy (non-hydrogen) atoms. The van der Waals surface area contributed by atoms with Crippen LogP contribution in [0.25, 0.3) is 0 Å². The van der Waals surface area contributed by atoms with Crippen molar-refractivity contribution >= 4 is 21.6 Å². The molecule has 0 aliphatic carbocycles. The first-order chi connectivity index (χ1) is 9.21. The van der Waals surface area contributed by atoms with Gasteiger partial charge in [-0.15, -0.1) is 0 Å². The van der Waals surface area contributed by atoms with E-state index in [9.17, 15) is 0 Å². The SMILES string of the molecule is CCN1CCC(CNc2cc(Br)cc(C#N)c2)CC1. The summed E-state index contributed by atoms with van der Waals surface area (Å²) in [5, 5.41) is 12.4. The van der Waals surface area contributed by atoms with Crippen LogP contribution < -0.4 is 5.32 Å². The van der Waals surface area contributed by atoms with Gasteiger partial charge in [-0.2, -0.15) is 5.26 Å². The number of anilines is 1. The smallest absolute Gasteiger partial charge is 0.0992 e. The largest absolute Gasteiger partial charge is 0.385 e. The fourth-order valence-corrected chi connectivity index (χ4v) is 3.02. The van der Waals surface area contributed by atoms with Crippen LogP contribution in [0.2, 0.25) is 0 Å². The highest BCUT2D eigenvalue weighted by Crippen LogP contribution is 2.21. The van der Waals surface area contributed by atoms with E-state index in [0.29, 0.717) is 5.56 Å². The predicted octanol–water partition coefficient (Wildman–Crippen LogP) is 3.46. The number of hydrogen-bond donors (Lipinski definition) is 1. The van der Waals surface area contributed by atoms with Gasteiger partial charge in [0.2, 0.25) is 0 Å². The van der Waals surface area contributed by atoms with E-state index in [1.165, 1.54) is 25.9 Å². The zero-order valence-corrected chi connectivity index (χ0v) is 12.9. The maximum Gasteiger partial charge on any atom is 0.0992 e. The monoisotopic (exact) mass is 321 g/mol. The molecule has 1 aliphatic heterocycles. The zero-order valence-electron chi connectivity index (χ0n) is 11.3. The minimum absolute atomic E-state index is 0.692. The first kappa shape index (κ1) is 14.4. The minimum atomic E-state index is 0.692. The van der Waals surface area contributed by atoms with Crippen molar-refractivity contribution in [1.29, 1.82) is 5.26 Å². The van der Waals surface area contributed by atoms with Crippen molar-refractivity contribution in [3.05, 3.63) is 28.2 Å². The maximum atomic E-state index is 8.96. The maximum absolute atomic E-state index is 8.96. The third-order valence-corrected chi connectivity index (χ3v) is 4.23. The molecule has 1 saturated heterocycles. The van der Waals surface area contributed by atoms with Gasteiger partial charge in [0.15, 0.2) is 0 Å². The van der Waals surface area contributed by atoms with E-state index < -0.39 is 0 Å². The van der Waals surface area contributed by atoms with Gasteiger partial charge in [0.1, 0.15) is 0 Å². The lowest BCUT2D eigenvalue weighted by molar-refractivity contribution is 0.198. The molecule has 0 aromatic heterocycles. The summed E-state index contributed by atoms with van der Waals surface area (Å²) < 4.78 is 0.954. The summed E-state index contributed by atoms with van der Waals surface area (Å²) in [4.78, 5) is 2.50. The van der Waals surface area contributed by atoms with E-state index in [2.05, 4.69) is 39.1 Å². The molecule has 4 heteroatoms. The van der Waals surface area contributed by atoms with Crippen LogP contribution in [0.1, 0.15) is 25.3 Å². The lowest BCUT2D eigenvalue weighted by Crippen LogP contribution is -2.35. The van der Waals surface area contributed by atoms with E-state index in [0.717, 1.165) is 29.2 Å². The van der Waals surface area contributed by atoms with Gasteiger partial charge in [-0.25, -0.2) is 0 Å². The molecule has 0 amide bonds. The standard InChI is InChI=1S/C15H20BrN3/c1-2-19-5-3-12(4-6-19)11-18-15-8-13(10-17)7-14(16)9-15/h7-9,12,18H,2-6,11H2,1H3. The fraction of sp³-hybridized carbons (Fsp3) is 0.533. The van der Waals surface area contributed by atoms with E-state index in [1.807, 2.05) is 18.2 Å². The molecule has 0 atom stereocenters. The van der Waals surface area contributed by atoms with Crippen LogP contribution in [0.4, 0.5) is 5.69 Å². The molecule has 0 saturated carbocycles. The molecule has 0 radical (unpaired) electrons. The topological polar surface area (TPSA) is 39.1 Å². The van der Waals surface area contributed by atoms with Crippen LogP contribution in [0.3, 0.4) is 0 Å². The number of nitrogens with zero attached hydrogens (tertiary/aromatic N) is 2. The van der Waals surface area contributed by atoms with E-state index in [4.69, 9.17) is 5.26 Å². The predicted molar refractivity (Wildman–Crippen MR) is 82.2 cm³/mol. The third kappa shape index (κ3) is 4.22. The lowest BCUT2D eigenvalue weighted by Gasteiger charge is -2.31. The Hall–Kier alpha value is -1.05. The van der Waals surface area contributed by atoms with Gasteiger partial charge in [-0.1, -0.05) is 22.9 Å². The van der Waals surface area contributed by atoms with Gasteiger partial charge in [0.25, 0.3) is 0 Å². The molecule has 3 nitrogen and oxygen atoms in total. The van der Waals surface area contributed by atoms with Crippen LogP contribution in [0, 0.1) is 17.2 Å². The van der Waals surface area contributed by atoms with Gasteiger partial charge in [0.05, 0.1) is 11.6 Å². The van der Waals surface area contributed by atoms with Crippen LogP contribution in [0.15, 0.2) is 22.7 Å². The molecule has 102 valence electrons. The summed E-state index contributed by atoms with van der Waals surface area (Å²) in [6.07, 6.45) is 2.53. The van der Waals surface area contributed by atoms with E-state index in [1.54, 1.807) is 0 Å². The Bertz CT molecular complexity index is 459. The summed E-state index contributed by atoms with van der Waals surface area (Å²) in [5.41, 5.74) is 1.72. The molecule has 0 spiro atoms. The Morgan fingerprint density at radius 1 is 1.37 bits per heavy atom. The van der Waals surface area contributed by atoms with Crippen LogP contribution in [0.5, 0.6) is 0 Å². The quantitative estimate of drug-likeness (QED) is 0.923. The highest BCUT2D eigenvalue weighted by molar-refractivity contribution is 9.10. The number of benzene rings is 1. The molecule has 1 aromatic carbocycles. The molecular formula is C15H20BrN3. The van der Waals surface area contributed by atoms with Crippen molar-refractivity contribution in [2.24, 2.45) is 5.92 Å². The number of piperidine rings is 1. The van der Waals surface area contributed by atoms with Crippen molar-refractivity contribution < 1.29 is 0 Å². The van der Waals surface area contributed by atoms with Crippen molar-refractivity contribution in [3.63, 3.8) is 0 Å². The van der Waals surface area contributed by atoms with E-state index in [-0.39, 0.29) is 0 Å². The molecule has 1 fully saturated rings. The summed E-state index contributed by atoms with van der Waals surface area (Å²) in [5.74, 6) is 0.743. The number of likely N-dealkylation sites (tertiary alicyclic amines) is 1. The summed E-state index contributed by atoms with van der Waals surface area (Å²) in [6, 6.07) is 7.96. The van der Waals surface area contributed by atoms with Gasteiger partial charge < -0.3 is 10.2 Å². The van der Waals surface area contributed by atoms with Crippen molar-refractivity contribution in [2.75, 3.05) is 31.5 Å². The van der Waals surface area contributed by atoms with Crippen LogP contribution in [-0.4, -0.2) is 31.1 Å². The first-order valence-corrected chi connectivity index (χ1v) is 7.67. The van der Waals surface area contributed by atoms with E-state index >= 15 is 0 Å². The average Bonchev–Trinajstić information content (AvgIpc) is 2.45. The molecule has 1 aromatic rings. The third-order valence-electron chi connectivity index (χ3n) is 3.78. The van der Waals surface area contributed by atoms with Gasteiger partial charge in [0, 0.05) is 16.7 Å². The molecule has 0 unspecified atom stereocenters. The molecular weight excluding hydrogens is 302 g/mol. The molecule has 2 rings (SSSR count). The Kier molecular flexibility index (Phi) is 5.24. The Balaban J connectivity index is 1.86. The van der Waals surface area contributed by atoms with Crippen molar-refractivity contribution in [1.82, 2.24) is 4.90 Å². The second kappa shape index (κ2) is 6.93. The average molecular weight is 322 g/mol. The summed E-state index contributed by atoms with van der Waals surface area (Å²) in [7, 11) is 0. The molecule has 0 bridgehead atoms.